The van der Waals surface area contributed by atoms with Gasteiger partial charge >= 0.3 is 0 Å². The highest BCUT2D eigenvalue weighted by Crippen LogP contribution is 2.58. The van der Waals surface area contributed by atoms with E-state index in [4.69, 9.17) is 0 Å². The first-order chi connectivity index (χ1) is 3.84. The second kappa shape index (κ2) is 1.53. The first-order valence-electron chi connectivity index (χ1n) is 3.70. The molecule has 0 spiro atoms. The van der Waals surface area contributed by atoms with E-state index in [9.17, 15) is 0 Å². The van der Waals surface area contributed by atoms with Gasteiger partial charge in [0.1, 0.15) is 0 Å². The highest BCUT2D eigenvalue weighted by atomic mass is 14.6. The van der Waals surface area contributed by atoms with Crippen LogP contribution < -0.4 is 0 Å². The predicted molar refractivity (Wildman–Crippen MR) is 41.0 cm³/mol. The van der Waals surface area contributed by atoms with Gasteiger partial charge in [0.2, 0.25) is 0 Å². The first kappa shape index (κ1) is 7.11. The fourth-order valence-electron chi connectivity index (χ4n) is 1.75. The van der Waals surface area contributed by atoms with Crippen molar-refractivity contribution in [2.75, 3.05) is 0 Å². The van der Waals surface area contributed by atoms with Crippen LogP contribution in [0.25, 0.3) is 0 Å². The lowest BCUT2D eigenvalue weighted by Gasteiger charge is -2.19. The summed E-state index contributed by atoms with van der Waals surface area (Å²) in [7, 11) is 0. The van der Waals surface area contributed by atoms with Gasteiger partial charge in [-0.3, -0.25) is 0 Å². The molecule has 0 aromatic carbocycles. The summed E-state index contributed by atoms with van der Waals surface area (Å²) in [5, 5.41) is 0. The zero-order chi connectivity index (χ0) is 7.28. The summed E-state index contributed by atoms with van der Waals surface area (Å²) in [5.74, 6) is 0.838. The summed E-state index contributed by atoms with van der Waals surface area (Å²) in [6.07, 6.45) is 2.44. The van der Waals surface area contributed by atoms with Crippen LogP contribution in [0.4, 0.5) is 0 Å². The highest BCUT2D eigenvalue weighted by molar-refractivity contribution is 5.17. The van der Waals surface area contributed by atoms with Gasteiger partial charge in [-0.15, -0.1) is 0 Å². The smallest absolute Gasteiger partial charge is 0.0274 e. The minimum Gasteiger partial charge on any atom is -0.0599 e. The van der Waals surface area contributed by atoms with Crippen molar-refractivity contribution in [2.45, 2.75) is 34.6 Å². The Hall–Kier alpha value is 0. The lowest BCUT2D eigenvalue weighted by Crippen LogP contribution is -2.11. The maximum absolute atomic E-state index is 2.44. The van der Waals surface area contributed by atoms with Gasteiger partial charge in [-0.05, 0) is 23.2 Å². The fraction of sp³-hybridized carbons (Fsp3) is 0.889. The highest BCUT2D eigenvalue weighted by Gasteiger charge is 2.51. The zero-order valence-electron chi connectivity index (χ0n) is 7.15. The van der Waals surface area contributed by atoms with Gasteiger partial charge in [-0.2, -0.15) is 0 Å². The Labute approximate surface area is 58.7 Å². The molecular formula is C9H17. The topological polar surface area (TPSA) is 0 Å². The minimum atomic E-state index is 0.490. The van der Waals surface area contributed by atoms with E-state index in [1.165, 1.54) is 0 Å². The molecule has 1 unspecified atom stereocenters. The molecule has 0 heterocycles. The van der Waals surface area contributed by atoms with Crippen molar-refractivity contribution in [2.24, 2.45) is 16.7 Å². The van der Waals surface area contributed by atoms with Crippen molar-refractivity contribution in [1.82, 2.24) is 0 Å². The molecule has 0 bridgehead atoms. The van der Waals surface area contributed by atoms with Crippen LogP contribution in [0.5, 0.6) is 0 Å². The van der Waals surface area contributed by atoms with Crippen molar-refractivity contribution in [3.05, 3.63) is 6.42 Å². The normalized spacial score (nSPS) is 32.3. The molecule has 1 fully saturated rings. The van der Waals surface area contributed by atoms with E-state index in [1.54, 1.807) is 0 Å². The van der Waals surface area contributed by atoms with Crippen LogP contribution in [0, 0.1) is 23.2 Å². The van der Waals surface area contributed by atoms with Crippen molar-refractivity contribution in [3.63, 3.8) is 0 Å². The Morgan fingerprint density at radius 3 is 1.56 bits per heavy atom. The minimum absolute atomic E-state index is 0.490. The molecule has 0 heteroatoms. The SMILES string of the molecule is CC(C)(C)C1[CH]C1(C)C. The summed E-state index contributed by atoms with van der Waals surface area (Å²) in [6, 6.07) is 0. The van der Waals surface area contributed by atoms with Crippen molar-refractivity contribution in [1.29, 1.82) is 0 Å². The molecule has 1 radical (unpaired) electrons. The second-order valence-corrected chi connectivity index (χ2v) is 4.83. The Morgan fingerprint density at radius 1 is 1.22 bits per heavy atom. The van der Waals surface area contributed by atoms with Crippen LogP contribution >= 0.6 is 0 Å². The Balaban J connectivity index is 2.52. The van der Waals surface area contributed by atoms with Crippen molar-refractivity contribution < 1.29 is 0 Å². The van der Waals surface area contributed by atoms with Crippen LogP contribution in [-0.2, 0) is 0 Å². The molecule has 0 aromatic rings. The van der Waals surface area contributed by atoms with Crippen LogP contribution in [0.15, 0.2) is 0 Å². The number of rotatable bonds is 0. The lowest BCUT2D eigenvalue weighted by molar-refractivity contribution is 0.302. The Kier molecular flexibility index (Phi) is 1.21. The molecule has 0 N–H and O–H groups in total. The molecule has 0 aromatic heterocycles. The number of hydrogen-bond acceptors (Lipinski definition) is 0. The summed E-state index contributed by atoms with van der Waals surface area (Å²) in [5.41, 5.74) is 1.02. The maximum atomic E-state index is 2.44. The monoisotopic (exact) mass is 125 g/mol. The van der Waals surface area contributed by atoms with Gasteiger partial charge in [0.15, 0.2) is 0 Å². The maximum Gasteiger partial charge on any atom is -0.0274 e. The molecule has 1 atom stereocenters. The third-order valence-corrected chi connectivity index (χ3v) is 2.22. The van der Waals surface area contributed by atoms with E-state index in [2.05, 4.69) is 41.0 Å². The van der Waals surface area contributed by atoms with E-state index in [1.807, 2.05) is 0 Å². The molecular weight excluding hydrogens is 108 g/mol. The average molecular weight is 125 g/mol. The third kappa shape index (κ3) is 1.28. The predicted octanol–water partition coefficient (Wildman–Crippen LogP) is 2.89. The summed E-state index contributed by atoms with van der Waals surface area (Å²) >= 11 is 0. The van der Waals surface area contributed by atoms with E-state index >= 15 is 0 Å². The van der Waals surface area contributed by atoms with E-state index in [0.717, 1.165) is 5.92 Å². The molecule has 53 valence electrons. The third-order valence-electron chi connectivity index (χ3n) is 2.22. The summed E-state index contributed by atoms with van der Waals surface area (Å²) in [6.45, 7) is 11.5. The molecule has 9 heavy (non-hydrogen) atoms. The number of hydrogen-bond donors (Lipinski definition) is 0. The Bertz CT molecular complexity index is 114. The van der Waals surface area contributed by atoms with E-state index in [-0.39, 0.29) is 0 Å². The summed E-state index contributed by atoms with van der Waals surface area (Å²) < 4.78 is 0. The first-order valence-corrected chi connectivity index (χ1v) is 3.70. The largest absolute Gasteiger partial charge is 0.0599 e. The van der Waals surface area contributed by atoms with Crippen LogP contribution in [-0.4, -0.2) is 0 Å². The zero-order valence-corrected chi connectivity index (χ0v) is 7.15. The quantitative estimate of drug-likeness (QED) is 0.467. The van der Waals surface area contributed by atoms with Gasteiger partial charge < -0.3 is 0 Å². The van der Waals surface area contributed by atoms with E-state index in [0.29, 0.717) is 10.8 Å². The summed E-state index contributed by atoms with van der Waals surface area (Å²) in [4.78, 5) is 0. The Morgan fingerprint density at radius 2 is 1.56 bits per heavy atom. The molecule has 1 saturated carbocycles. The molecule has 0 saturated heterocycles. The van der Waals surface area contributed by atoms with Gasteiger partial charge in [0.25, 0.3) is 0 Å². The molecule has 0 amide bonds. The van der Waals surface area contributed by atoms with Crippen molar-refractivity contribution in [3.8, 4) is 0 Å². The second-order valence-electron chi connectivity index (χ2n) is 4.83. The van der Waals surface area contributed by atoms with Crippen LogP contribution in [0.2, 0.25) is 0 Å². The lowest BCUT2D eigenvalue weighted by atomic mass is 9.86. The fourth-order valence-corrected chi connectivity index (χ4v) is 1.75. The molecule has 1 aliphatic carbocycles. The molecule has 1 rings (SSSR count). The van der Waals surface area contributed by atoms with Gasteiger partial charge in [0, 0.05) is 0 Å². The van der Waals surface area contributed by atoms with Crippen molar-refractivity contribution >= 4 is 0 Å². The van der Waals surface area contributed by atoms with E-state index < -0.39 is 0 Å². The van der Waals surface area contributed by atoms with Gasteiger partial charge in [0.05, 0.1) is 0 Å². The van der Waals surface area contributed by atoms with Gasteiger partial charge in [-0.1, -0.05) is 34.6 Å². The van der Waals surface area contributed by atoms with Crippen LogP contribution in [0.1, 0.15) is 34.6 Å². The standard InChI is InChI=1S/C9H17/c1-8(2,3)7-6-9(7,4)5/h6-7H,1-5H3. The molecule has 0 aliphatic heterocycles. The molecule has 0 nitrogen and oxygen atoms in total. The van der Waals surface area contributed by atoms with Gasteiger partial charge in [-0.25, -0.2) is 0 Å². The van der Waals surface area contributed by atoms with Crippen LogP contribution in [0.3, 0.4) is 0 Å². The average Bonchev–Trinajstić information content (AvgIpc) is 2.10. The molecule has 1 aliphatic rings.